The highest BCUT2D eigenvalue weighted by atomic mass is 35.5. The minimum atomic E-state index is -0.442. The molecule has 0 fully saturated rings. The van der Waals surface area contributed by atoms with E-state index in [2.05, 4.69) is 5.16 Å². The number of carbonyl (C=O) groups excluding carboxylic acids is 1. The molecule has 21 heavy (non-hydrogen) atoms. The van der Waals surface area contributed by atoms with E-state index in [-0.39, 0.29) is 10.9 Å². The first-order chi connectivity index (χ1) is 10.1. The lowest BCUT2D eigenvalue weighted by Crippen LogP contribution is -2.35. The standard InChI is InChI=1S/C15H14ClFN2O2/c16-12-7-10(1-3-13(12)17)2-4-15(20)19-6-5-14-11(9-19)8-18-21-14/h1,3,7-8H,2,4-6,9H2. The van der Waals surface area contributed by atoms with Crippen molar-refractivity contribution in [1.82, 2.24) is 10.1 Å². The molecule has 0 unspecified atom stereocenters. The first-order valence-electron chi connectivity index (χ1n) is 6.77. The van der Waals surface area contributed by atoms with Crippen molar-refractivity contribution in [3.8, 4) is 0 Å². The maximum absolute atomic E-state index is 13.1. The molecule has 1 amide bonds. The lowest BCUT2D eigenvalue weighted by Gasteiger charge is -2.25. The van der Waals surface area contributed by atoms with E-state index in [1.165, 1.54) is 6.07 Å². The van der Waals surface area contributed by atoms with Crippen molar-refractivity contribution in [3.63, 3.8) is 0 Å². The molecule has 0 atom stereocenters. The van der Waals surface area contributed by atoms with E-state index in [1.54, 1.807) is 23.2 Å². The Bertz CT molecular complexity index is 671. The molecule has 0 saturated heterocycles. The number of aryl methyl sites for hydroxylation is 1. The fourth-order valence-electron chi connectivity index (χ4n) is 2.46. The van der Waals surface area contributed by atoms with Crippen LogP contribution in [0.2, 0.25) is 5.02 Å². The van der Waals surface area contributed by atoms with Crippen LogP contribution in [0, 0.1) is 5.82 Å². The molecule has 1 aromatic heterocycles. The number of amides is 1. The van der Waals surface area contributed by atoms with Crippen molar-refractivity contribution >= 4 is 17.5 Å². The predicted molar refractivity (Wildman–Crippen MR) is 75.4 cm³/mol. The minimum Gasteiger partial charge on any atom is -0.361 e. The second-order valence-electron chi connectivity index (χ2n) is 5.09. The summed E-state index contributed by atoms with van der Waals surface area (Å²) in [5, 5.41) is 3.84. The average Bonchev–Trinajstić information content (AvgIpc) is 2.95. The molecule has 0 bridgehead atoms. The molecule has 2 heterocycles. The van der Waals surface area contributed by atoms with Gasteiger partial charge in [-0.2, -0.15) is 0 Å². The normalized spacial score (nSPS) is 14.1. The largest absolute Gasteiger partial charge is 0.361 e. The van der Waals surface area contributed by atoms with E-state index in [0.717, 1.165) is 16.9 Å². The summed E-state index contributed by atoms with van der Waals surface area (Å²) >= 11 is 5.73. The highest BCUT2D eigenvalue weighted by Gasteiger charge is 2.23. The third-order valence-electron chi connectivity index (χ3n) is 3.66. The molecule has 3 rings (SSSR count). The van der Waals surface area contributed by atoms with Crippen LogP contribution in [0.15, 0.2) is 28.9 Å². The van der Waals surface area contributed by atoms with Gasteiger partial charge < -0.3 is 9.42 Å². The molecule has 1 aliphatic rings. The van der Waals surface area contributed by atoms with Crippen molar-refractivity contribution in [2.75, 3.05) is 6.54 Å². The monoisotopic (exact) mass is 308 g/mol. The second kappa shape index (κ2) is 5.85. The highest BCUT2D eigenvalue weighted by molar-refractivity contribution is 6.30. The zero-order valence-corrected chi connectivity index (χ0v) is 12.1. The van der Waals surface area contributed by atoms with Gasteiger partial charge in [-0.25, -0.2) is 4.39 Å². The van der Waals surface area contributed by atoms with Gasteiger partial charge >= 0.3 is 0 Å². The van der Waals surface area contributed by atoms with Crippen molar-refractivity contribution < 1.29 is 13.7 Å². The molecule has 4 nitrogen and oxygen atoms in total. The number of aromatic nitrogens is 1. The predicted octanol–water partition coefficient (Wildman–Crippen LogP) is 2.98. The van der Waals surface area contributed by atoms with Crippen molar-refractivity contribution in [2.24, 2.45) is 0 Å². The molecule has 0 aliphatic carbocycles. The first kappa shape index (κ1) is 14.1. The molecular formula is C15H14ClFN2O2. The fourth-order valence-corrected chi connectivity index (χ4v) is 2.66. The molecule has 1 aromatic carbocycles. The lowest BCUT2D eigenvalue weighted by atomic mass is 10.1. The summed E-state index contributed by atoms with van der Waals surface area (Å²) in [6.07, 6.45) is 3.28. The Hall–Kier alpha value is -1.88. The Balaban J connectivity index is 1.58. The number of nitrogens with zero attached hydrogens (tertiary/aromatic N) is 2. The summed E-state index contributed by atoms with van der Waals surface area (Å²) in [4.78, 5) is 14.0. The van der Waals surface area contributed by atoms with Crippen LogP contribution in [-0.4, -0.2) is 22.5 Å². The van der Waals surface area contributed by atoms with Gasteiger partial charge in [0, 0.05) is 24.9 Å². The summed E-state index contributed by atoms with van der Waals surface area (Å²) in [6, 6.07) is 4.55. The van der Waals surface area contributed by atoms with Crippen LogP contribution in [0.5, 0.6) is 0 Å². The summed E-state index contributed by atoms with van der Waals surface area (Å²) in [7, 11) is 0. The summed E-state index contributed by atoms with van der Waals surface area (Å²) in [5.74, 6) is 0.495. The van der Waals surface area contributed by atoms with Crippen molar-refractivity contribution in [2.45, 2.75) is 25.8 Å². The number of benzene rings is 1. The average molecular weight is 309 g/mol. The van der Waals surface area contributed by atoms with E-state index in [0.29, 0.717) is 32.4 Å². The van der Waals surface area contributed by atoms with E-state index >= 15 is 0 Å². The van der Waals surface area contributed by atoms with Crippen LogP contribution in [0.25, 0.3) is 0 Å². The zero-order valence-electron chi connectivity index (χ0n) is 11.3. The Morgan fingerprint density at radius 3 is 3.14 bits per heavy atom. The van der Waals surface area contributed by atoms with Gasteiger partial charge in [0.15, 0.2) is 0 Å². The number of fused-ring (bicyclic) bond motifs is 1. The van der Waals surface area contributed by atoms with Crippen LogP contribution >= 0.6 is 11.6 Å². The molecular weight excluding hydrogens is 295 g/mol. The first-order valence-corrected chi connectivity index (χ1v) is 7.15. The summed E-state index contributed by atoms with van der Waals surface area (Å²) in [5.41, 5.74) is 1.83. The Morgan fingerprint density at radius 2 is 2.33 bits per heavy atom. The number of hydrogen-bond acceptors (Lipinski definition) is 3. The molecule has 1 aliphatic heterocycles. The Labute approximate surface area is 126 Å². The van der Waals surface area contributed by atoms with Gasteiger partial charge in [0.1, 0.15) is 11.6 Å². The quantitative estimate of drug-likeness (QED) is 0.875. The highest BCUT2D eigenvalue weighted by Crippen LogP contribution is 2.20. The molecule has 110 valence electrons. The van der Waals surface area contributed by atoms with Gasteiger partial charge in [0.2, 0.25) is 5.91 Å². The maximum Gasteiger partial charge on any atom is 0.223 e. The smallest absolute Gasteiger partial charge is 0.223 e. The van der Waals surface area contributed by atoms with Crippen molar-refractivity contribution in [1.29, 1.82) is 0 Å². The molecule has 2 aromatic rings. The van der Waals surface area contributed by atoms with Crippen LogP contribution in [0.1, 0.15) is 23.3 Å². The molecule has 6 heteroatoms. The molecule has 0 saturated carbocycles. The SMILES string of the molecule is O=C(CCc1ccc(F)c(Cl)c1)N1CCc2oncc2C1. The van der Waals surface area contributed by atoms with E-state index < -0.39 is 5.82 Å². The van der Waals surface area contributed by atoms with Gasteiger partial charge in [0.25, 0.3) is 0 Å². The maximum atomic E-state index is 13.1. The number of halogens is 2. The second-order valence-corrected chi connectivity index (χ2v) is 5.50. The van der Waals surface area contributed by atoms with Gasteiger partial charge in [-0.15, -0.1) is 0 Å². The third kappa shape index (κ3) is 3.08. The van der Waals surface area contributed by atoms with Gasteiger partial charge in [-0.1, -0.05) is 22.8 Å². The topological polar surface area (TPSA) is 46.3 Å². The minimum absolute atomic E-state index is 0.0716. The van der Waals surface area contributed by atoms with Crippen LogP contribution in [0.4, 0.5) is 4.39 Å². The molecule has 0 radical (unpaired) electrons. The zero-order chi connectivity index (χ0) is 14.8. The van der Waals surface area contributed by atoms with Gasteiger partial charge in [0.05, 0.1) is 17.8 Å². The van der Waals surface area contributed by atoms with Crippen LogP contribution < -0.4 is 0 Å². The molecule has 0 N–H and O–H groups in total. The molecule has 0 spiro atoms. The van der Waals surface area contributed by atoms with E-state index in [1.807, 2.05) is 0 Å². The third-order valence-corrected chi connectivity index (χ3v) is 3.95. The van der Waals surface area contributed by atoms with Gasteiger partial charge in [-0.05, 0) is 24.1 Å². The summed E-state index contributed by atoms with van der Waals surface area (Å²) < 4.78 is 18.2. The van der Waals surface area contributed by atoms with E-state index in [9.17, 15) is 9.18 Å². The van der Waals surface area contributed by atoms with Crippen LogP contribution in [-0.2, 0) is 24.2 Å². The Kier molecular flexibility index (Phi) is 3.92. The van der Waals surface area contributed by atoms with Crippen LogP contribution in [0.3, 0.4) is 0 Å². The summed E-state index contributed by atoms with van der Waals surface area (Å²) in [6.45, 7) is 1.19. The van der Waals surface area contributed by atoms with E-state index in [4.69, 9.17) is 16.1 Å². The number of hydrogen-bond donors (Lipinski definition) is 0. The number of carbonyl (C=O) groups is 1. The van der Waals surface area contributed by atoms with Gasteiger partial charge in [-0.3, -0.25) is 4.79 Å². The Morgan fingerprint density at radius 1 is 1.48 bits per heavy atom. The fraction of sp³-hybridized carbons (Fsp3) is 0.333. The van der Waals surface area contributed by atoms with Crippen molar-refractivity contribution in [3.05, 3.63) is 52.1 Å². The lowest BCUT2D eigenvalue weighted by molar-refractivity contribution is -0.132. The number of rotatable bonds is 3.